The number of carbonyl (C=O) groups is 3. The molecule has 0 aliphatic rings. The number of nitrogens with zero attached hydrogens (tertiary/aromatic N) is 2. The molecule has 48 heavy (non-hydrogen) atoms. The van der Waals surface area contributed by atoms with Gasteiger partial charge in [-0.25, -0.2) is 9.78 Å². The average Bonchev–Trinajstić information content (AvgIpc) is 3.58. The molecule has 0 spiro atoms. The number of aromatic amines is 1. The highest BCUT2D eigenvalue weighted by atomic mass is 19.4. The van der Waals surface area contributed by atoms with Crippen LogP contribution in [0.1, 0.15) is 41.0 Å². The molecule has 9 N–H and O–H groups in total. The van der Waals surface area contributed by atoms with Crippen LogP contribution in [0.5, 0.6) is 0 Å². The van der Waals surface area contributed by atoms with Crippen molar-refractivity contribution in [3.05, 3.63) is 120 Å². The zero-order chi connectivity index (χ0) is 35.1. The number of carbonyl (C=O) groups excluding carboxylic acids is 2. The SMILES string of the molecule is N=C(N)NCCC[C@H](C(N)=O)N(Cc1ccc(CNc2ncc[nH]2)cc1)C(=O)C(c1ccccc1)c1ccccc1.O=C(O)C(F)(F)F. The van der Waals surface area contributed by atoms with E-state index in [9.17, 15) is 22.8 Å². The van der Waals surface area contributed by atoms with Crippen LogP contribution >= 0.6 is 0 Å². The molecule has 254 valence electrons. The van der Waals surface area contributed by atoms with Crippen molar-refractivity contribution in [1.29, 1.82) is 5.41 Å². The number of nitrogens with one attached hydrogen (secondary N) is 4. The van der Waals surface area contributed by atoms with Gasteiger partial charge in [-0.2, -0.15) is 13.2 Å². The number of carboxylic acids is 1. The van der Waals surface area contributed by atoms with Crippen LogP contribution in [0.25, 0.3) is 0 Å². The summed E-state index contributed by atoms with van der Waals surface area (Å²) < 4.78 is 31.7. The van der Waals surface area contributed by atoms with Gasteiger partial charge in [0.2, 0.25) is 11.8 Å². The zero-order valence-electron chi connectivity index (χ0n) is 25.8. The fraction of sp³-hybridized carbons (Fsp3) is 0.242. The van der Waals surface area contributed by atoms with Gasteiger partial charge >= 0.3 is 12.1 Å². The number of aliphatic carboxylic acids is 1. The third-order valence-electron chi connectivity index (χ3n) is 7.05. The number of hydrogen-bond donors (Lipinski definition) is 7. The van der Waals surface area contributed by atoms with Crippen molar-refractivity contribution in [2.45, 2.75) is 44.1 Å². The summed E-state index contributed by atoms with van der Waals surface area (Å²) in [6.07, 6.45) is -0.834. The van der Waals surface area contributed by atoms with Gasteiger partial charge in [-0.05, 0) is 35.1 Å². The highest BCUT2D eigenvalue weighted by Gasteiger charge is 2.38. The highest BCUT2D eigenvalue weighted by molar-refractivity contribution is 5.92. The number of alkyl halides is 3. The second-order valence-corrected chi connectivity index (χ2v) is 10.5. The van der Waals surface area contributed by atoms with E-state index in [0.29, 0.717) is 31.9 Å². The van der Waals surface area contributed by atoms with E-state index in [1.807, 2.05) is 84.9 Å². The number of nitrogens with two attached hydrogens (primary N) is 2. The number of guanidine groups is 1. The molecule has 0 unspecified atom stereocenters. The molecule has 1 aromatic heterocycles. The fourth-order valence-electron chi connectivity index (χ4n) is 4.75. The molecule has 4 rings (SSSR count). The van der Waals surface area contributed by atoms with Crippen LogP contribution in [0.3, 0.4) is 0 Å². The van der Waals surface area contributed by atoms with Crippen LogP contribution in [0.4, 0.5) is 19.1 Å². The quantitative estimate of drug-likeness (QED) is 0.0595. The lowest BCUT2D eigenvalue weighted by Gasteiger charge is -2.33. The third kappa shape index (κ3) is 11.5. The van der Waals surface area contributed by atoms with Crippen LogP contribution in [-0.4, -0.2) is 62.5 Å². The monoisotopic (exact) mass is 666 g/mol. The summed E-state index contributed by atoms with van der Waals surface area (Å²) in [5.74, 6) is -3.64. The lowest BCUT2D eigenvalue weighted by Crippen LogP contribution is -2.49. The van der Waals surface area contributed by atoms with Gasteiger partial charge in [0.05, 0.1) is 5.92 Å². The summed E-state index contributed by atoms with van der Waals surface area (Å²) >= 11 is 0. The number of amides is 2. The molecule has 4 aromatic rings. The standard InChI is InChI=1S/C31H36N8O2.C2HF3O2/c32-28(40)26(12-7-17-35-30(33)34)39(21-23-15-13-22(14-16-23)20-38-31-36-18-19-37-31)29(41)27(24-8-3-1-4-9-24)25-10-5-2-6-11-25;3-2(4,5)1(6)7/h1-6,8-11,13-16,18-19,26-27H,7,12,17,20-21H2,(H2,32,40)(H4,33,34,35)(H2,36,37,38);(H,6,7)/t26-;/m1./s1. The van der Waals surface area contributed by atoms with E-state index in [4.69, 9.17) is 26.8 Å². The number of H-pyrrole nitrogens is 1. The highest BCUT2D eigenvalue weighted by Crippen LogP contribution is 2.29. The van der Waals surface area contributed by atoms with Crippen LogP contribution in [0, 0.1) is 5.41 Å². The second kappa shape index (κ2) is 17.7. The average molecular weight is 667 g/mol. The molecule has 3 aromatic carbocycles. The Bertz CT molecular complexity index is 1560. The van der Waals surface area contributed by atoms with Crippen LogP contribution in [0.2, 0.25) is 0 Å². The van der Waals surface area contributed by atoms with E-state index in [1.165, 1.54) is 0 Å². The van der Waals surface area contributed by atoms with E-state index in [2.05, 4.69) is 20.6 Å². The predicted molar refractivity (Wildman–Crippen MR) is 173 cm³/mol. The smallest absolute Gasteiger partial charge is 0.475 e. The zero-order valence-corrected chi connectivity index (χ0v) is 25.8. The summed E-state index contributed by atoms with van der Waals surface area (Å²) in [7, 11) is 0. The van der Waals surface area contributed by atoms with Gasteiger partial charge in [-0.3, -0.25) is 15.0 Å². The fourth-order valence-corrected chi connectivity index (χ4v) is 4.75. The first kappa shape index (κ1) is 36.6. The molecule has 0 bridgehead atoms. The molecule has 0 aliphatic heterocycles. The molecule has 0 radical (unpaired) electrons. The molecule has 12 nitrogen and oxygen atoms in total. The number of carboxylic acid groups (broad SMARTS) is 1. The molecular formula is C33H37F3N8O4. The van der Waals surface area contributed by atoms with Crippen LogP contribution < -0.4 is 22.1 Å². The first-order chi connectivity index (χ1) is 22.9. The maximum atomic E-state index is 14.5. The van der Waals surface area contributed by atoms with E-state index < -0.39 is 30.0 Å². The molecule has 2 amide bonds. The van der Waals surface area contributed by atoms with E-state index in [-0.39, 0.29) is 18.4 Å². The minimum Gasteiger partial charge on any atom is -0.475 e. The minimum atomic E-state index is -5.08. The molecule has 0 saturated carbocycles. The van der Waals surface area contributed by atoms with Crippen LogP contribution in [-0.2, 0) is 27.5 Å². The predicted octanol–water partition coefficient (Wildman–Crippen LogP) is 3.93. The van der Waals surface area contributed by atoms with Gasteiger partial charge in [0, 0.05) is 32.0 Å². The maximum Gasteiger partial charge on any atom is 0.490 e. The Morgan fingerprint density at radius 1 is 0.917 bits per heavy atom. The summed E-state index contributed by atoms with van der Waals surface area (Å²) in [6.45, 7) is 1.17. The summed E-state index contributed by atoms with van der Waals surface area (Å²) in [6, 6.07) is 26.1. The summed E-state index contributed by atoms with van der Waals surface area (Å²) in [5, 5.41) is 20.5. The van der Waals surface area contributed by atoms with Gasteiger partial charge in [-0.1, -0.05) is 84.9 Å². The van der Waals surface area contributed by atoms with Crippen molar-refractivity contribution in [3.8, 4) is 0 Å². The number of primary amides is 1. The molecule has 15 heteroatoms. The number of hydrogen-bond acceptors (Lipinski definition) is 6. The lowest BCUT2D eigenvalue weighted by atomic mass is 9.89. The number of halogens is 3. The number of rotatable bonds is 14. The van der Waals surface area contributed by atoms with Crippen molar-refractivity contribution in [2.75, 3.05) is 11.9 Å². The first-order valence-electron chi connectivity index (χ1n) is 14.8. The minimum absolute atomic E-state index is 0.150. The van der Waals surface area contributed by atoms with Crippen LogP contribution in [0.15, 0.2) is 97.3 Å². The van der Waals surface area contributed by atoms with Crippen molar-refractivity contribution in [2.24, 2.45) is 11.5 Å². The molecular weight excluding hydrogens is 629 g/mol. The van der Waals surface area contributed by atoms with E-state index in [0.717, 1.165) is 22.3 Å². The lowest BCUT2D eigenvalue weighted by molar-refractivity contribution is -0.192. The second-order valence-electron chi connectivity index (χ2n) is 10.5. The van der Waals surface area contributed by atoms with Crippen molar-refractivity contribution < 1.29 is 32.7 Å². The number of aromatic nitrogens is 2. The van der Waals surface area contributed by atoms with Crippen molar-refractivity contribution in [1.82, 2.24) is 20.2 Å². The molecule has 0 saturated heterocycles. The number of anilines is 1. The van der Waals surface area contributed by atoms with E-state index in [1.54, 1.807) is 17.3 Å². The Balaban J connectivity index is 0.000000804. The van der Waals surface area contributed by atoms with Gasteiger partial charge in [0.15, 0.2) is 11.9 Å². The van der Waals surface area contributed by atoms with Gasteiger partial charge < -0.3 is 37.1 Å². The first-order valence-corrected chi connectivity index (χ1v) is 14.8. The molecule has 1 atom stereocenters. The Morgan fingerprint density at radius 3 is 1.92 bits per heavy atom. The summed E-state index contributed by atoms with van der Waals surface area (Å²) in [5.41, 5.74) is 14.9. The Kier molecular flexibility index (Phi) is 13.5. The molecule has 0 fully saturated rings. The normalized spacial score (nSPS) is 11.5. The third-order valence-corrected chi connectivity index (χ3v) is 7.05. The van der Waals surface area contributed by atoms with Crippen molar-refractivity contribution in [3.63, 3.8) is 0 Å². The Hall–Kier alpha value is -5.86. The Labute approximate surface area is 274 Å². The van der Waals surface area contributed by atoms with Gasteiger partial charge in [0.1, 0.15) is 6.04 Å². The van der Waals surface area contributed by atoms with Gasteiger partial charge in [0.25, 0.3) is 0 Å². The maximum absolute atomic E-state index is 14.5. The Morgan fingerprint density at radius 2 is 1.46 bits per heavy atom. The topological polar surface area (TPSA) is 203 Å². The number of imidazole rings is 1. The van der Waals surface area contributed by atoms with Crippen molar-refractivity contribution >= 4 is 29.7 Å². The molecule has 1 heterocycles. The largest absolute Gasteiger partial charge is 0.490 e. The van der Waals surface area contributed by atoms with E-state index >= 15 is 0 Å². The summed E-state index contributed by atoms with van der Waals surface area (Å²) in [4.78, 5) is 45.0. The molecule has 0 aliphatic carbocycles. The van der Waals surface area contributed by atoms with Gasteiger partial charge in [-0.15, -0.1) is 0 Å². The number of benzene rings is 3.